The number of aryl methyl sites for hydroxylation is 1. The topological polar surface area (TPSA) is 42.4 Å². The van der Waals surface area contributed by atoms with E-state index in [4.69, 9.17) is 4.74 Å². The number of hydrogen-bond donors (Lipinski definition) is 0. The number of amides is 1. The van der Waals surface area contributed by atoms with Crippen LogP contribution in [0.1, 0.15) is 35.5 Å². The Morgan fingerprint density at radius 2 is 2.04 bits per heavy atom. The van der Waals surface area contributed by atoms with E-state index in [1.54, 1.807) is 24.0 Å². The van der Waals surface area contributed by atoms with Crippen molar-refractivity contribution < 1.29 is 13.9 Å². The first-order chi connectivity index (χ1) is 11.5. The summed E-state index contributed by atoms with van der Waals surface area (Å²) < 4.78 is 18.9. The minimum Gasteiger partial charge on any atom is -0.368 e. The number of hydrogen-bond acceptors (Lipinski definition) is 3. The summed E-state index contributed by atoms with van der Waals surface area (Å²) in [6.07, 6.45) is 0.509. The normalized spacial score (nSPS) is 17.8. The molecule has 0 radical (unpaired) electrons. The molecule has 0 spiro atoms. The second-order valence-corrected chi connectivity index (χ2v) is 6.17. The number of halogens is 1. The zero-order valence-corrected chi connectivity index (χ0v) is 14.0. The first-order valence-electron chi connectivity index (χ1n) is 8.10. The van der Waals surface area contributed by atoms with Crippen LogP contribution in [-0.2, 0) is 16.0 Å². The van der Waals surface area contributed by atoms with Crippen LogP contribution in [0.3, 0.4) is 0 Å². The van der Waals surface area contributed by atoms with Crippen LogP contribution in [0.2, 0.25) is 0 Å². The Morgan fingerprint density at radius 3 is 2.75 bits per heavy atom. The van der Waals surface area contributed by atoms with E-state index >= 15 is 0 Å². The fourth-order valence-electron chi connectivity index (χ4n) is 2.99. The highest BCUT2D eigenvalue weighted by molar-refractivity contribution is 5.73. The molecule has 0 unspecified atom stereocenters. The highest BCUT2D eigenvalue weighted by Crippen LogP contribution is 2.23. The molecule has 1 saturated heterocycles. The van der Waals surface area contributed by atoms with Gasteiger partial charge in [-0.05, 0) is 48.7 Å². The van der Waals surface area contributed by atoms with Gasteiger partial charge in [-0.3, -0.25) is 9.78 Å². The van der Waals surface area contributed by atoms with Crippen molar-refractivity contribution in [3.05, 3.63) is 64.7 Å². The monoisotopic (exact) mass is 328 g/mol. The molecule has 1 amide bonds. The molecule has 1 aromatic heterocycles. The van der Waals surface area contributed by atoms with Crippen molar-refractivity contribution in [2.24, 2.45) is 0 Å². The number of benzene rings is 1. The third kappa shape index (κ3) is 3.97. The number of rotatable bonds is 3. The molecule has 2 heterocycles. The molecule has 1 fully saturated rings. The molecule has 3 rings (SSSR count). The van der Waals surface area contributed by atoms with Gasteiger partial charge in [0.15, 0.2) is 0 Å². The van der Waals surface area contributed by atoms with E-state index in [-0.39, 0.29) is 17.8 Å². The summed E-state index contributed by atoms with van der Waals surface area (Å²) in [5.41, 5.74) is 3.90. The molecule has 24 heavy (non-hydrogen) atoms. The minimum atomic E-state index is -0.231. The van der Waals surface area contributed by atoms with Crippen LogP contribution in [0.4, 0.5) is 4.39 Å². The maximum Gasteiger partial charge on any atom is 0.219 e. The Hall–Kier alpha value is -2.27. The first kappa shape index (κ1) is 16.6. The average molecular weight is 328 g/mol. The maximum atomic E-state index is 13.0. The molecule has 1 aliphatic heterocycles. The van der Waals surface area contributed by atoms with Gasteiger partial charge < -0.3 is 9.64 Å². The largest absolute Gasteiger partial charge is 0.368 e. The number of nitrogens with zero attached hydrogens (tertiary/aromatic N) is 2. The van der Waals surface area contributed by atoms with E-state index in [1.165, 1.54) is 12.1 Å². The van der Waals surface area contributed by atoms with Crippen molar-refractivity contribution in [1.29, 1.82) is 0 Å². The molecule has 0 saturated carbocycles. The molecule has 1 atom stereocenters. The number of carbonyl (C=O) groups excluding carboxylic acids is 1. The summed E-state index contributed by atoms with van der Waals surface area (Å²) in [6.45, 7) is 5.20. The second kappa shape index (κ2) is 7.09. The van der Waals surface area contributed by atoms with Crippen molar-refractivity contribution in [3.8, 4) is 0 Å². The second-order valence-electron chi connectivity index (χ2n) is 6.17. The van der Waals surface area contributed by atoms with Crippen LogP contribution < -0.4 is 0 Å². The standard InChI is InChI=1S/C19H21FN2O2/c1-13-9-16(10-15-3-5-17(20)6-4-15)11-18(21-13)19-12-22(14(2)23)7-8-24-19/h3-6,9,11,19H,7-8,10,12H2,1-2H3/t19-/m1/s1. The lowest BCUT2D eigenvalue weighted by molar-refractivity contribution is -0.136. The Balaban J connectivity index is 1.80. The van der Waals surface area contributed by atoms with E-state index in [2.05, 4.69) is 4.98 Å². The molecule has 2 aromatic rings. The number of aromatic nitrogens is 1. The predicted molar refractivity (Wildman–Crippen MR) is 89.1 cm³/mol. The summed E-state index contributed by atoms with van der Waals surface area (Å²) in [6, 6.07) is 10.6. The van der Waals surface area contributed by atoms with Crippen LogP contribution in [0.5, 0.6) is 0 Å². The Labute approximate surface area is 141 Å². The van der Waals surface area contributed by atoms with Gasteiger partial charge in [0.25, 0.3) is 0 Å². The van der Waals surface area contributed by atoms with Crippen molar-refractivity contribution in [2.75, 3.05) is 19.7 Å². The van der Waals surface area contributed by atoms with Gasteiger partial charge in [0.05, 0.1) is 18.8 Å². The Kier molecular flexibility index (Phi) is 4.90. The minimum absolute atomic E-state index is 0.0579. The SMILES string of the molecule is CC(=O)N1CCO[C@@H](c2cc(Cc3ccc(F)cc3)cc(C)n2)C1. The van der Waals surface area contributed by atoms with E-state index in [0.717, 1.165) is 22.5 Å². The summed E-state index contributed by atoms with van der Waals surface area (Å²) in [5.74, 6) is -0.173. The Bertz CT molecular complexity index is 731. The average Bonchev–Trinajstić information content (AvgIpc) is 2.56. The van der Waals surface area contributed by atoms with Gasteiger partial charge in [-0.15, -0.1) is 0 Å². The van der Waals surface area contributed by atoms with Crippen molar-refractivity contribution >= 4 is 5.91 Å². The zero-order chi connectivity index (χ0) is 17.1. The number of morpholine rings is 1. The molecular formula is C19H21FN2O2. The molecule has 5 heteroatoms. The van der Waals surface area contributed by atoms with E-state index in [9.17, 15) is 9.18 Å². The number of carbonyl (C=O) groups is 1. The van der Waals surface area contributed by atoms with Gasteiger partial charge >= 0.3 is 0 Å². The lowest BCUT2D eigenvalue weighted by Crippen LogP contribution is -2.41. The van der Waals surface area contributed by atoms with Crippen LogP contribution in [-0.4, -0.2) is 35.5 Å². The maximum absolute atomic E-state index is 13.0. The summed E-state index contributed by atoms with van der Waals surface area (Å²) >= 11 is 0. The van der Waals surface area contributed by atoms with Crippen molar-refractivity contribution in [3.63, 3.8) is 0 Å². The summed E-state index contributed by atoms with van der Waals surface area (Å²) in [7, 11) is 0. The van der Waals surface area contributed by atoms with Crippen molar-refractivity contribution in [1.82, 2.24) is 9.88 Å². The first-order valence-corrected chi connectivity index (χ1v) is 8.10. The fourth-order valence-corrected chi connectivity index (χ4v) is 2.99. The molecule has 1 aromatic carbocycles. The molecule has 0 bridgehead atoms. The lowest BCUT2D eigenvalue weighted by atomic mass is 10.0. The third-order valence-corrected chi connectivity index (χ3v) is 4.20. The van der Waals surface area contributed by atoms with Crippen LogP contribution in [0.15, 0.2) is 36.4 Å². The van der Waals surface area contributed by atoms with Gasteiger partial charge in [-0.2, -0.15) is 0 Å². The molecule has 1 aliphatic rings. The highest BCUT2D eigenvalue weighted by Gasteiger charge is 2.24. The van der Waals surface area contributed by atoms with Crippen LogP contribution in [0, 0.1) is 12.7 Å². The lowest BCUT2D eigenvalue weighted by Gasteiger charge is -2.32. The number of ether oxygens (including phenoxy) is 1. The van der Waals surface area contributed by atoms with Crippen LogP contribution >= 0.6 is 0 Å². The van der Waals surface area contributed by atoms with Gasteiger partial charge in [-0.1, -0.05) is 12.1 Å². The number of pyridine rings is 1. The Morgan fingerprint density at radius 1 is 1.29 bits per heavy atom. The quantitative estimate of drug-likeness (QED) is 0.870. The fraction of sp³-hybridized carbons (Fsp3) is 0.368. The molecule has 126 valence electrons. The van der Waals surface area contributed by atoms with Gasteiger partial charge in [-0.25, -0.2) is 4.39 Å². The van der Waals surface area contributed by atoms with E-state index in [0.29, 0.717) is 26.1 Å². The van der Waals surface area contributed by atoms with Crippen LogP contribution in [0.25, 0.3) is 0 Å². The summed E-state index contributed by atoms with van der Waals surface area (Å²) in [4.78, 5) is 18.0. The van der Waals surface area contributed by atoms with Gasteiger partial charge in [0, 0.05) is 19.2 Å². The molecule has 0 N–H and O–H groups in total. The third-order valence-electron chi connectivity index (χ3n) is 4.20. The smallest absolute Gasteiger partial charge is 0.219 e. The van der Waals surface area contributed by atoms with E-state index in [1.807, 2.05) is 19.1 Å². The van der Waals surface area contributed by atoms with Crippen molar-refractivity contribution in [2.45, 2.75) is 26.4 Å². The van der Waals surface area contributed by atoms with E-state index < -0.39 is 0 Å². The van der Waals surface area contributed by atoms with Gasteiger partial charge in [0.1, 0.15) is 11.9 Å². The predicted octanol–water partition coefficient (Wildman–Crippen LogP) is 3.04. The summed E-state index contributed by atoms with van der Waals surface area (Å²) in [5, 5.41) is 0. The molecule has 4 nitrogen and oxygen atoms in total. The highest BCUT2D eigenvalue weighted by atomic mass is 19.1. The van der Waals surface area contributed by atoms with Gasteiger partial charge in [0.2, 0.25) is 5.91 Å². The molecule has 0 aliphatic carbocycles. The molecular weight excluding hydrogens is 307 g/mol. The zero-order valence-electron chi connectivity index (χ0n) is 14.0.